The molecule has 0 saturated carbocycles. The zero-order valence-electron chi connectivity index (χ0n) is 11.1. The molecule has 0 bridgehead atoms. The molecule has 5 heteroatoms. The molecule has 19 heavy (non-hydrogen) atoms. The van der Waals surface area contributed by atoms with Crippen LogP contribution in [-0.2, 0) is 0 Å². The van der Waals surface area contributed by atoms with Crippen molar-refractivity contribution in [1.29, 1.82) is 0 Å². The molecule has 0 spiro atoms. The average Bonchev–Trinajstić information content (AvgIpc) is 2.40. The third-order valence-electron chi connectivity index (χ3n) is 3.48. The largest absolute Gasteiger partial charge is 0.395 e. The first-order chi connectivity index (χ1) is 9.11. The van der Waals surface area contributed by atoms with Crippen LogP contribution in [0.3, 0.4) is 0 Å². The number of hydrogen-bond donors (Lipinski definition) is 1. The molecular weight excluding hydrogens is 308 g/mol. The van der Waals surface area contributed by atoms with Crippen molar-refractivity contribution in [2.75, 3.05) is 44.2 Å². The molecule has 4 nitrogen and oxygen atoms in total. The quantitative estimate of drug-likeness (QED) is 0.856. The number of carbonyl (C=O) groups is 1. The predicted octanol–water partition coefficient (Wildman–Crippen LogP) is 1.77. The van der Waals surface area contributed by atoms with Crippen LogP contribution in [0.2, 0.25) is 0 Å². The van der Waals surface area contributed by atoms with Crippen LogP contribution in [0.1, 0.15) is 17.3 Å². The molecule has 0 amide bonds. The molecule has 1 aromatic rings. The summed E-state index contributed by atoms with van der Waals surface area (Å²) in [6.07, 6.45) is 0. The molecule has 1 aromatic carbocycles. The number of halogens is 1. The third kappa shape index (κ3) is 3.55. The summed E-state index contributed by atoms with van der Waals surface area (Å²) in [5, 5.41) is 8.93. The van der Waals surface area contributed by atoms with Gasteiger partial charge in [-0.3, -0.25) is 9.69 Å². The summed E-state index contributed by atoms with van der Waals surface area (Å²) >= 11 is 3.55. The molecule has 1 aliphatic heterocycles. The molecule has 1 saturated heterocycles. The second-order valence-corrected chi connectivity index (χ2v) is 5.63. The van der Waals surface area contributed by atoms with Gasteiger partial charge in [-0.25, -0.2) is 0 Å². The molecule has 0 unspecified atom stereocenters. The lowest BCUT2D eigenvalue weighted by atomic mass is 10.1. The number of carbonyl (C=O) groups excluding carboxylic acids is 1. The smallest absolute Gasteiger partial charge is 0.159 e. The Morgan fingerprint density at radius 3 is 2.53 bits per heavy atom. The normalized spacial score (nSPS) is 16.7. The van der Waals surface area contributed by atoms with Gasteiger partial charge in [0, 0.05) is 42.8 Å². The van der Waals surface area contributed by atoms with Crippen LogP contribution in [0.4, 0.5) is 5.69 Å². The van der Waals surface area contributed by atoms with Gasteiger partial charge in [0.15, 0.2) is 5.78 Å². The fraction of sp³-hybridized carbons (Fsp3) is 0.500. The second-order valence-electron chi connectivity index (χ2n) is 4.77. The average molecular weight is 327 g/mol. The Kier molecular flexibility index (Phi) is 4.96. The maximum absolute atomic E-state index is 11.3. The van der Waals surface area contributed by atoms with E-state index in [9.17, 15) is 4.79 Å². The topological polar surface area (TPSA) is 43.8 Å². The highest BCUT2D eigenvalue weighted by Gasteiger charge is 2.18. The second kappa shape index (κ2) is 6.50. The number of Topliss-reactive ketones (excluding diaryl/α,β-unsaturated/α-hetero) is 1. The molecule has 1 aliphatic rings. The number of hydrogen-bond acceptors (Lipinski definition) is 4. The van der Waals surface area contributed by atoms with E-state index in [4.69, 9.17) is 5.11 Å². The van der Waals surface area contributed by atoms with Crippen molar-refractivity contribution in [3.05, 3.63) is 28.2 Å². The number of nitrogens with zero attached hydrogens (tertiary/aromatic N) is 2. The molecule has 0 aliphatic carbocycles. The summed E-state index contributed by atoms with van der Waals surface area (Å²) in [5.41, 5.74) is 1.86. The lowest BCUT2D eigenvalue weighted by Gasteiger charge is -2.36. The number of benzene rings is 1. The minimum absolute atomic E-state index is 0.0833. The standard InChI is InChI=1S/C14H19BrN2O2/c1-11(19)12-2-3-14(13(15)10-12)17-6-4-16(5-7-17)8-9-18/h2-3,10,18H,4-9H2,1H3. The van der Waals surface area contributed by atoms with Crippen molar-refractivity contribution in [2.45, 2.75) is 6.92 Å². The van der Waals surface area contributed by atoms with Crippen molar-refractivity contribution in [3.63, 3.8) is 0 Å². The number of ketones is 1. The first-order valence-electron chi connectivity index (χ1n) is 6.50. The van der Waals surface area contributed by atoms with Crippen LogP contribution in [0.15, 0.2) is 22.7 Å². The molecule has 2 rings (SSSR count). The van der Waals surface area contributed by atoms with E-state index in [2.05, 4.69) is 25.7 Å². The highest BCUT2D eigenvalue weighted by molar-refractivity contribution is 9.10. The van der Waals surface area contributed by atoms with E-state index in [0.717, 1.165) is 48.4 Å². The molecular formula is C14H19BrN2O2. The summed E-state index contributed by atoms with van der Waals surface area (Å²) < 4.78 is 0.968. The van der Waals surface area contributed by atoms with Crippen LogP contribution in [0, 0.1) is 0 Å². The van der Waals surface area contributed by atoms with E-state index in [-0.39, 0.29) is 12.4 Å². The van der Waals surface area contributed by atoms with Crippen LogP contribution < -0.4 is 4.90 Å². The molecule has 0 radical (unpaired) electrons. The van der Waals surface area contributed by atoms with Crippen molar-refractivity contribution in [2.24, 2.45) is 0 Å². The fourth-order valence-corrected chi connectivity index (χ4v) is 2.97. The van der Waals surface area contributed by atoms with Gasteiger partial charge in [0.1, 0.15) is 0 Å². The van der Waals surface area contributed by atoms with Crippen LogP contribution in [-0.4, -0.2) is 55.1 Å². The SMILES string of the molecule is CC(=O)c1ccc(N2CCN(CCO)CC2)c(Br)c1. The van der Waals surface area contributed by atoms with E-state index in [0.29, 0.717) is 0 Å². The van der Waals surface area contributed by atoms with Crippen molar-refractivity contribution in [1.82, 2.24) is 4.90 Å². The molecule has 0 atom stereocenters. The van der Waals surface area contributed by atoms with Gasteiger partial charge in [0.25, 0.3) is 0 Å². The predicted molar refractivity (Wildman–Crippen MR) is 79.9 cm³/mol. The lowest BCUT2D eigenvalue weighted by molar-refractivity contribution is 0.101. The Labute approximate surface area is 122 Å². The minimum atomic E-state index is 0.0833. The summed E-state index contributed by atoms with van der Waals surface area (Å²) in [7, 11) is 0. The molecule has 104 valence electrons. The van der Waals surface area contributed by atoms with E-state index in [1.165, 1.54) is 0 Å². The van der Waals surface area contributed by atoms with Crippen LogP contribution in [0.25, 0.3) is 0 Å². The van der Waals surface area contributed by atoms with Crippen LogP contribution in [0.5, 0.6) is 0 Å². The van der Waals surface area contributed by atoms with Crippen molar-refractivity contribution < 1.29 is 9.90 Å². The van der Waals surface area contributed by atoms with Crippen LogP contribution >= 0.6 is 15.9 Å². The van der Waals surface area contributed by atoms with E-state index in [1.807, 2.05) is 18.2 Å². The van der Waals surface area contributed by atoms with Gasteiger partial charge in [-0.15, -0.1) is 0 Å². The molecule has 1 fully saturated rings. The van der Waals surface area contributed by atoms with Gasteiger partial charge in [0.2, 0.25) is 0 Å². The summed E-state index contributed by atoms with van der Waals surface area (Å²) in [6.45, 7) is 6.35. The monoisotopic (exact) mass is 326 g/mol. The maximum atomic E-state index is 11.3. The summed E-state index contributed by atoms with van der Waals surface area (Å²) in [5.74, 6) is 0.0833. The van der Waals surface area contributed by atoms with E-state index < -0.39 is 0 Å². The number of piperazine rings is 1. The Balaban J connectivity index is 2.05. The Hall–Kier alpha value is -0.910. The van der Waals surface area contributed by atoms with Gasteiger partial charge in [-0.2, -0.15) is 0 Å². The Morgan fingerprint density at radius 2 is 2.00 bits per heavy atom. The Bertz CT molecular complexity index is 457. The van der Waals surface area contributed by atoms with Gasteiger partial charge in [-0.1, -0.05) is 0 Å². The number of anilines is 1. The van der Waals surface area contributed by atoms with Gasteiger partial charge >= 0.3 is 0 Å². The number of rotatable bonds is 4. The van der Waals surface area contributed by atoms with E-state index in [1.54, 1.807) is 6.92 Å². The summed E-state index contributed by atoms with van der Waals surface area (Å²) in [6, 6.07) is 5.77. The highest BCUT2D eigenvalue weighted by Crippen LogP contribution is 2.28. The maximum Gasteiger partial charge on any atom is 0.159 e. The van der Waals surface area contributed by atoms with Crippen molar-refractivity contribution >= 4 is 27.4 Å². The lowest BCUT2D eigenvalue weighted by Crippen LogP contribution is -2.47. The number of aliphatic hydroxyl groups excluding tert-OH is 1. The molecule has 1 heterocycles. The first-order valence-corrected chi connectivity index (χ1v) is 7.30. The van der Waals surface area contributed by atoms with Gasteiger partial charge in [0.05, 0.1) is 12.3 Å². The van der Waals surface area contributed by atoms with Gasteiger partial charge < -0.3 is 10.0 Å². The van der Waals surface area contributed by atoms with Crippen molar-refractivity contribution in [3.8, 4) is 0 Å². The number of aliphatic hydroxyl groups is 1. The number of β-amino-alcohol motifs (C(OH)–C–C–N with tert-alkyl or cyclic N) is 1. The zero-order chi connectivity index (χ0) is 13.8. The zero-order valence-corrected chi connectivity index (χ0v) is 12.7. The molecule has 0 aromatic heterocycles. The first kappa shape index (κ1) is 14.5. The Morgan fingerprint density at radius 1 is 1.32 bits per heavy atom. The summed E-state index contributed by atoms with van der Waals surface area (Å²) in [4.78, 5) is 15.9. The third-order valence-corrected chi connectivity index (χ3v) is 4.12. The van der Waals surface area contributed by atoms with Gasteiger partial charge in [-0.05, 0) is 41.1 Å². The molecule has 1 N–H and O–H groups in total. The highest BCUT2D eigenvalue weighted by atomic mass is 79.9. The van der Waals surface area contributed by atoms with E-state index >= 15 is 0 Å². The fourth-order valence-electron chi connectivity index (χ4n) is 2.34. The minimum Gasteiger partial charge on any atom is -0.395 e.